The van der Waals surface area contributed by atoms with Crippen molar-refractivity contribution in [2.45, 2.75) is 0 Å². The Morgan fingerprint density at radius 2 is 2.07 bits per heavy atom. The van der Waals surface area contributed by atoms with Gasteiger partial charge < -0.3 is 4.98 Å². The number of nitroso groups, excluding NO2 is 1. The summed E-state index contributed by atoms with van der Waals surface area (Å²) < 4.78 is 0. The summed E-state index contributed by atoms with van der Waals surface area (Å²) in [6, 6.07) is 0. The van der Waals surface area contributed by atoms with E-state index in [-0.39, 0.29) is 17.1 Å². The van der Waals surface area contributed by atoms with Gasteiger partial charge in [0.15, 0.2) is 11.2 Å². The zero-order chi connectivity index (χ0) is 10.1. The van der Waals surface area contributed by atoms with Crippen LogP contribution in [0.4, 0.5) is 5.95 Å². The molecule has 0 saturated heterocycles. The van der Waals surface area contributed by atoms with Crippen LogP contribution in [0.1, 0.15) is 0 Å². The number of nitrogens with zero attached hydrogens (tertiary/aromatic N) is 3. The van der Waals surface area contributed by atoms with Gasteiger partial charge in [0.1, 0.15) is 0 Å². The second-order valence-corrected chi connectivity index (χ2v) is 2.43. The minimum absolute atomic E-state index is 0.0250. The van der Waals surface area contributed by atoms with Gasteiger partial charge >= 0.3 is 0 Å². The van der Waals surface area contributed by atoms with Gasteiger partial charge in [-0.2, -0.15) is 4.98 Å². The van der Waals surface area contributed by atoms with Gasteiger partial charge in [0, 0.05) is 5.18 Å². The Bertz CT molecular complexity index is 613. The van der Waals surface area contributed by atoms with Crippen molar-refractivity contribution in [3.05, 3.63) is 31.8 Å². The molecule has 8 heteroatoms. The van der Waals surface area contributed by atoms with Crippen LogP contribution in [0.25, 0.3) is 11.2 Å². The van der Waals surface area contributed by atoms with E-state index in [2.05, 4.69) is 25.1 Å². The first kappa shape index (κ1) is 8.23. The topological polar surface area (TPSA) is 121 Å². The molecule has 2 aromatic rings. The third-order valence-corrected chi connectivity index (χ3v) is 1.53. The molecule has 0 atom stereocenters. The molecule has 2 heterocycles. The quantitative estimate of drug-likeness (QED) is 0.586. The fourth-order valence-electron chi connectivity index (χ4n) is 0.974. The molecular weight excluding hydrogens is 190 g/mol. The van der Waals surface area contributed by atoms with Crippen molar-refractivity contribution in [2.24, 2.45) is 5.18 Å². The van der Waals surface area contributed by atoms with E-state index in [1.54, 1.807) is 0 Å². The van der Waals surface area contributed by atoms with Gasteiger partial charge in [-0.3, -0.25) is 14.6 Å². The van der Waals surface area contributed by atoms with E-state index in [1.807, 2.05) is 0 Å². The molecule has 8 nitrogen and oxygen atoms in total. The summed E-state index contributed by atoms with van der Waals surface area (Å²) in [6.45, 7) is 0. The van der Waals surface area contributed by atoms with Gasteiger partial charge in [-0.15, -0.1) is 4.91 Å². The van der Waals surface area contributed by atoms with E-state index in [4.69, 9.17) is 0 Å². The molecule has 2 N–H and O–H groups in total. The van der Waals surface area contributed by atoms with Crippen molar-refractivity contribution in [2.75, 3.05) is 0 Å². The van der Waals surface area contributed by atoms with Gasteiger partial charge in [-0.05, 0) is 0 Å². The molecule has 70 valence electrons. The lowest BCUT2D eigenvalue weighted by Gasteiger charge is -1.93. The zero-order valence-electron chi connectivity index (χ0n) is 6.64. The number of nitrogens with one attached hydrogen (secondary N) is 2. The Labute approximate surface area is 75.0 Å². The molecule has 2 aromatic heterocycles. The van der Waals surface area contributed by atoms with E-state index < -0.39 is 11.1 Å². The van der Waals surface area contributed by atoms with E-state index in [0.29, 0.717) is 0 Å². The summed E-state index contributed by atoms with van der Waals surface area (Å²) in [5.41, 5.74) is -1.28. The minimum Gasteiger partial charge on any atom is -0.313 e. The second kappa shape index (κ2) is 2.83. The largest absolute Gasteiger partial charge is 0.313 e. The van der Waals surface area contributed by atoms with E-state index in [1.165, 1.54) is 0 Å². The third kappa shape index (κ3) is 1.18. The summed E-state index contributed by atoms with van der Waals surface area (Å²) in [5.74, 6) is -0.373. The van der Waals surface area contributed by atoms with Gasteiger partial charge in [0.25, 0.3) is 17.1 Å². The van der Waals surface area contributed by atoms with Crippen LogP contribution in [0.2, 0.25) is 0 Å². The summed E-state index contributed by atoms with van der Waals surface area (Å²) in [4.78, 5) is 43.6. The zero-order valence-corrected chi connectivity index (χ0v) is 6.64. The molecule has 0 spiro atoms. The minimum atomic E-state index is -0.658. The van der Waals surface area contributed by atoms with Crippen molar-refractivity contribution >= 4 is 17.1 Å². The number of hydrogen-bond acceptors (Lipinski definition) is 6. The predicted molar refractivity (Wildman–Crippen MR) is 46.2 cm³/mol. The fourth-order valence-corrected chi connectivity index (χ4v) is 0.974. The number of hydrogen-bond donors (Lipinski definition) is 2. The van der Waals surface area contributed by atoms with Gasteiger partial charge in [-0.1, -0.05) is 0 Å². The first-order valence-corrected chi connectivity index (χ1v) is 3.53. The molecule has 0 bridgehead atoms. The highest BCUT2D eigenvalue weighted by molar-refractivity contribution is 5.68. The molecule has 0 aliphatic heterocycles. The Balaban J connectivity index is 2.97. The van der Waals surface area contributed by atoms with Crippen LogP contribution in [0.15, 0.2) is 21.0 Å². The molecular formula is C6H3N5O3. The number of rotatable bonds is 1. The summed E-state index contributed by atoms with van der Waals surface area (Å²) in [5, 5.41) is 2.46. The van der Waals surface area contributed by atoms with Crippen molar-refractivity contribution < 1.29 is 0 Å². The van der Waals surface area contributed by atoms with Gasteiger partial charge in [-0.25, -0.2) is 4.98 Å². The maximum Gasteiger partial charge on any atom is 0.278 e. The number of H-pyrrole nitrogens is 2. The third-order valence-electron chi connectivity index (χ3n) is 1.53. The summed E-state index contributed by atoms with van der Waals surface area (Å²) in [6.07, 6.45) is 0.962. The molecule has 0 aromatic carbocycles. The Morgan fingerprint density at radius 3 is 2.79 bits per heavy atom. The smallest absolute Gasteiger partial charge is 0.278 e. The van der Waals surface area contributed by atoms with Crippen LogP contribution in [-0.4, -0.2) is 19.9 Å². The number of aromatic nitrogens is 4. The average Bonchev–Trinajstić information content (AvgIpc) is 2.19. The van der Waals surface area contributed by atoms with Crippen LogP contribution in [0.5, 0.6) is 0 Å². The molecule has 14 heavy (non-hydrogen) atoms. The van der Waals surface area contributed by atoms with Gasteiger partial charge in [0.05, 0.1) is 6.20 Å². The highest BCUT2D eigenvalue weighted by Crippen LogP contribution is 2.02. The van der Waals surface area contributed by atoms with Crippen molar-refractivity contribution in [1.82, 2.24) is 19.9 Å². The number of fused-ring (bicyclic) bond motifs is 1. The van der Waals surface area contributed by atoms with Crippen LogP contribution < -0.4 is 11.1 Å². The summed E-state index contributed by atoms with van der Waals surface area (Å²) >= 11 is 0. The lowest BCUT2D eigenvalue weighted by Crippen LogP contribution is -2.15. The van der Waals surface area contributed by atoms with Crippen molar-refractivity contribution in [3.63, 3.8) is 0 Å². The lowest BCUT2D eigenvalue weighted by molar-refractivity contribution is 1.07. The highest BCUT2D eigenvalue weighted by atomic mass is 16.3. The van der Waals surface area contributed by atoms with E-state index in [0.717, 1.165) is 6.20 Å². The Hall–Kier alpha value is -2.38. The first-order valence-electron chi connectivity index (χ1n) is 3.53. The van der Waals surface area contributed by atoms with Crippen molar-refractivity contribution in [1.29, 1.82) is 0 Å². The second-order valence-electron chi connectivity index (χ2n) is 2.43. The molecule has 0 unspecified atom stereocenters. The molecule has 0 aliphatic rings. The van der Waals surface area contributed by atoms with Crippen LogP contribution in [0.3, 0.4) is 0 Å². The molecule has 0 fully saturated rings. The maximum atomic E-state index is 11.2. The maximum absolute atomic E-state index is 11.2. The first-order chi connectivity index (χ1) is 6.70. The average molecular weight is 193 g/mol. The van der Waals surface area contributed by atoms with Crippen LogP contribution in [0, 0.1) is 4.91 Å². The normalized spacial score (nSPS) is 10.3. The SMILES string of the molecule is O=Nc1nc2ncc(=O)[nH]c2c(=O)[nH]1. The lowest BCUT2D eigenvalue weighted by atomic mass is 10.5. The van der Waals surface area contributed by atoms with Gasteiger partial charge in [0.2, 0.25) is 0 Å². The monoisotopic (exact) mass is 193 g/mol. The molecule has 0 radical (unpaired) electrons. The standard InChI is InChI=1S/C6H3N5O3/c12-2-1-7-4-3(8-2)5(13)10-6(9-4)11-14/h1H,(H,8,12)(H,7,9,10,13). The Kier molecular flexibility index (Phi) is 1.67. The molecule has 2 rings (SSSR count). The highest BCUT2D eigenvalue weighted by Gasteiger charge is 2.05. The molecule has 0 aliphatic carbocycles. The fraction of sp³-hybridized carbons (Fsp3) is 0. The van der Waals surface area contributed by atoms with Crippen LogP contribution >= 0.6 is 0 Å². The predicted octanol–water partition coefficient (Wildman–Crippen LogP) is -0.596. The van der Waals surface area contributed by atoms with E-state index >= 15 is 0 Å². The summed E-state index contributed by atoms with van der Waals surface area (Å²) in [7, 11) is 0. The van der Waals surface area contributed by atoms with E-state index in [9.17, 15) is 14.5 Å². The molecule has 0 amide bonds. The molecule has 0 saturated carbocycles. The van der Waals surface area contributed by atoms with Crippen molar-refractivity contribution in [3.8, 4) is 0 Å². The number of aromatic amines is 2. The van der Waals surface area contributed by atoms with Crippen LogP contribution in [-0.2, 0) is 0 Å². The Morgan fingerprint density at radius 1 is 1.29 bits per heavy atom.